The van der Waals surface area contributed by atoms with Gasteiger partial charge in [0.2, 0.25) is 5.82 Å². The number of halogens is 3. The summed E-state index contributed by atoms with van der Waals surface area (Å²) in [6.07, 6.45) is -2.61. The Morgan fingerprint density at radius 1 is 1.33 bits per heavy atom. The third-order valence-corrected chi connectivity index (χ3v) is 1.03. The van der Waals surface area contributed by atoms with Gasteiger partial charge in [-0.25, -0.2) is 15.0 Å². The molecule has 1 rings (SSSR count). The van der Waals surface area contributed by atoms with Crippen molar-refractivity contribution in [3.63, 3.8) is 0 Å². The summed E-state index contributed by atoms with van der Waals surface area (Å²) >= 11 is 0. The zero-order valence-electron chi connectivity index (χ0n) is 5.84. The fourth-order valence-corrected chi connectivity index (χ4v) is 0.544. The number of nitrogens with zero attached hydrogens (tertiary/aromatic N) is 3. The van der Waals surface area contributed by atoms with Gasteiger partial charge in [0.1, 0.15) is 6.33 Å². The molecule has 0 spiro atoms. The van der Waals surface area contributed by atoms with Crippen molar-refractivity contribution < 1.29 is 13.2 Å². The second-order valence-electron chi connectivity index (χ2n) is 1.87. The van der Waals surface area contributed by atoms with Crippen molar-refractivity contribution in [1.82, 2.24) is 15.0 Å². The van der Waals surface area contributed by atoms with Crippen molar-refractivity contribution in [3.05, 3.63) is 24.6 Å². The molecule has 0 saturated heterocycles. The van der Waals surface area contributed by atoms with E-state index in [-0.39, 0.29) is 5.82 Å². The third-order valence-electron chi connectivity index (χ3n) is 1.03. The van der Waals surface area contributed by atoms with Gasteiger partial charge in [-0.3, -0.25) is 0 Å². The van der Waals surface area contributed by atoms with Gasteiger partial charge in [0.25, 0.3) is 0 Å². The highest BCUT2D eigenvalue weighted by Gasteiger charge is 2.34. The van der Waals surface area contributed by atoms with E-state index >= 15 is 0 Å². The summed E-state index contributed by atoms with van der Waals surface area (Å²) in [4.78, 5) is 9.49. The fraction of sp³-hybridized carbons (Fsp3) is 0.167. The van der Waals surface area contributed by atoms with E-state index in [1.165, 1.54) is 0 Å². The van der Waals surface area contributed by atoms with Crippen LogP contribution in [0.3, 0.4) is 0 Å². The Kier molecular flexibility index (Phi) is 2.07. The van der Waals surface area contributed by atoms with Crippen LogP contribution in [0.15, 0.2) is 12.9 Å². The minimum Gasteiger partial charge on any atom is -0.217 e. The van der Waals surface area contributed by atoms with Crippen molar-refractivity contribution >= 4 is 6.08 Å². The molecular weight excluding hydrogens is 171 g/mol. The third kappa shape index (κ3) is 1.77. The van der Waals surface area contributed by atoms with Crippen LogP contribution in [0, 0.1) is 0 Å². The fourth-order valence-electron chi connectivity index (χ4n) is 0.544. The van der Waals surface area contributed by atoms with E-state index in [4.69, 9.17) is 0 Å². The van der Waals surface area contributed by atoms with E-state index in [0.29, 0.717) is 0 Å². The van der Waals surface area contributed by atoms with Crippen molar-refractivity contribution in [3.8, 4) is 0 Å². The monoisotopic (exact) mass is 175 g/mol. The van der Waals surface area contributed by atoms with Crippen LogP contribution < -0.4 is 0 Å². The van der Waals surface area contributed by atoms with Crippen molar-refractivity contribution in [2.24, 2.45) is 0 Å². The van der Waals surface area contributed by atoms with E-state index in [0.717, 1.165) is 12.4 Å². The predicted molar refractivity (Wildman–Crippen MR) is 34.9 cm³/mol. The van der Waals surface area contributed by atoms with E-state index in [9.17, 15) is 13.2 Å². The number of aromatic nitrogens is 3. The van der Waals surface area contributed by atoms with Gasteiger partial charge in [-0.05, 0) is 6.08 Å². The molecule has 0 atom stereocenters. The summed E-state index contributed by atoms with van der Waals surface area (Å²) < 4.78 is 35.8. The second kappa shape index (κ2) is 2.88. The van der Waals surface area contributed by atoms with Gasteiger partial charge < -0.3 is 0 Å². The molecule has 6 heteroatoms. The lowest BCUT2D eigenvalue weighted by Gasteiger charge is -2.02. The highest BCUT2D eigenvalue weighted by atomic mass is 19.4. The van der Waals surface area contributed by atoms with Gasteiger partial charge >= 0.3 is 6.18 Å². The van der Waals surface area contributed by atoms with Gasteiger partial charge in [-0.1, -0.05) is 6.58 Å². The summed E-state index contributed by atoms with van der Waals surface area (Å²) in [7, 11) is 0. The van der Waals surface area contributed by atoms with Gasteiger partial charge in [-0.2, -0.15) is 13.2 Å². The Labute approximate surface area is 66.0 Å². The van der Waals surface area contributed by atoms with Crippen LogP contribution in [-0.2, 0) is 6.18 Å². The van der Waals surface area contributed by atoms with Crippen LogP contribution in [0.5, 0.6) is 0 Å². The molecular formula is C6H4F3N3. The Morgan fingerprint density at radius 2 is 2.00 bits per heavy atom. The largest absolute Gasteiger partial charge is 0.451 e. The Morgan fingerprint density at radius 3 is 2.50 bits per heavy atom. The predicted octanol–water partition coefficient (Wildman–Crippen LogP) is 1.53. The number of hydrogen-bond donors (Lipinski definition) is 0. The molecule has 64 valence electrons. The van der Waals surface area contributed by atoms with Gasteiger partial charge in [-0.15, -0.1) is 0 Å². The smallest absolute Gasteiger partial charge is 0.217 e. The summed E-state index contributed by atoms with van der Waals surface area (Å²) in [5, 5.41) is 0. The first kappa shape index (κ1) is 8.63. The summed E-state index contributed by atoms with van der Waals surface area (Å²) in [5.74, 6) is -1.29. The maximum Gasteiger partial charge on any atom is 0.451 e. The first-order valence-corrected chi connectivity index (χ1v) is 2.92. The highest BCUT2D eigenvalue weighted by Crippen LogP contribution is 2.25. The van der Waals surface area contributed by atoms with Crippen LogP contribution in [-0.4, -0.2) is 15.0 Å². The second-order valence-corrected chi connectivity index (χ2v) is 1.87. The van der Waals surface area contributed by atoms with Crippen LogP contribution >= 0.6 is 0 Å². The van der Waals surface area contributed by atoms with Crippen LogP contribution in [0.25, 0.3) is 6.08 Å². The summed E-state index contributed by atoms with van der Waals surface area (Å²) in [6.45, 7) is 3.23. The minimum atomic E-state index is -4.53. The molecule has 0 N–H and O–H groups in total. The lowest BCUT2D eigenvalue weighted by molar-refractivity contribution is -0.145. The molecule has 1 aromatic heterocycles. The van der Waals surface area contributed by atoms with E-state index in [2.05, 4.69) is 21.5 Å². The van der Waals surface area contributed by atoms with Gasteiger partial charge in [0, 0.05) is 0 Å². The van der Waals surface area contributed by atoms with E-state index in [1.54, 1.807) is 0 Å². The molecule has 1 heterocycles. The maximum atomic E-state index is 11.9. The van der Waals surface area contributed by atoms with Crippen molar-refractivity contribution in [1.29, 1.82) is 0 Å². The number of rotatable bonds is 1. The van der Waals surface area contributed by atoms with Crippen molar-refractivity contribution in [2.75, 3.05) is 0 Å². The van der Waals surface area contributed by atoms with Crippen molar-refractivity contribution in [2.45, 2.75) is 6.18 Å². The molecule has 3 nitrogen and oxygen atoms in total. The Balaban J connectivity index is 3.10. The minimum absolute atomic E-state index is 0.0858. The molecule has 12 heavy (non-hydrogen) atoms. The van der Waals surface area contributed by atoms with Crippen LogP contribution in [0.2, 0.25) is 0 Å². The molecule has 0 aliphatic carbocycles. The molecule has 0 aliphatic heterocycles. The molecule has 0 bridgehead atoms. The van der Waals surface area contributed by atoms with Crippen LogP contribution in [0.4, 0.5) is 13.2 Å². The average molecular weight is 175 g/mol. The number of hydrogen-bond acceptors (Lipinski definition) is 3. The average Bonchev–Trinajstić information content (AvgIpc) is 2.03. The molecule has 0 saturated carbocycles. The lowest BCUT2D eigenvalue weighted by Crippen LogP contribution is -2.12. The molecule has 0 amide bonds. The zero-order valence-corrected chi connectivity index (χ0v) is 5.84. The van der Waals surface area contributed by atoms with Gasteiger partial charge in [0.05, 0.1) is 0 Å². The SMILES string of the molecule is C=Cc1ncnc(C(F)(F)F)n1. The highest BCUT2D eigenvalue weighted by molar-refractivity contribution is 5.34. The quantitative estimate of drug-likeness (QED) is 0.649. The lowest BCUT2D eigenvalue weighted by atomic mass is 10.5. The molecule has 1 aromatic rings. The maximum absolute atomic E-state index is 11.9. The normalized spacial score (nSPS) is 11.2. The van der Waals surface area contributed by atoms with Gasteiger partial charge in [0.15, 0.2) is 5.82 Å². The number of alkyl halides is 3. The summed E-state index contributed by atoms with van der Waals surface area (Å²) in [6, 6.07) is 0. The zero-order chi connectivity index (χ0) is 9.19. The Hall–Kier alpha value is -1.46. The summed E-state index contributed by atoms with van der Waals surface area (Å²) in [5.41, 5.74) is 0. The standard InChI is InChI=1S/C6H4F3N3/c1-2-4-10-3-11-5(12-4)6(7,8)9/h2-3H,1H2. The van der Waals surface area contributed by atoms with E-state index < -0.39 is 12.0 Å². The van der Waals surface area contributed by atoms with Crippen LogP contribution in [0.1, 0.15) is 11.6 Å². The first-order chi connectivity index (χ1) is 5.54. The van der Waals surface area contributed by atoms with E-state index in [1.807, 2.05) is 0 Å². The Bertz CT molecular complexity index is 294. The molecule has 0 aromatic carbocycles. The topological polar surface area (TPSA) is 38.7 Å². The molecule has 0 unspecified atom stereocenters. The molecule has 0 aliphatic rings. The molecule has 0 radical (unpaired) electrons. The first-order valence-electron chi connectivity index (χ1n) is 2.92. The molecule has 0 fully saturated rings.